The maximum atomic E-state index is 13.1. The predicted octanol–water partition coefficient (Wildman–Crippen LogP) is 4.03. The summed E-state index contributed by atoms with van der Waals surface area (Å²) in [5.41, 5.74) is 0.108. The van der Waals surface area contributed by atoms with Crippen LogP contribution in [0.2, 0.25) is 5.02 Å². The highest BCUT2D eigenvalue weighted by Gasteiger charge is 2.41. The summed E-state index contributed by atoms with van der Waals surface area (Å²) >= 11 is 6.30. The smallest absolute Gasteiger partial charge is 0.330 e. The second kappa shape index (κ2) is 9.74. The molecule has 0 amide bonds. The summed E-state index contributed by atoms with van der Waals surface area (Å²) in [5.74, 6) is -6.14. The molecule has 1 aliphatic rings. The van der Waals surface area contributed by atoms with E-state index in [0.29, 0.717) is 6.42 Å². The first-order chi connectivity index (χ1) is 13.9. The molecule has 1 saturated carbocycles. The van der Waals surface area contributed by atoms with Crippen molar-refractivity contribution in [1.82, 2.24) is 0 Å². The van der Waals surface area contributed by atoms with Gasteiger partial charge in [0.05, 0.1) is 28.2 Å². The van der Waals surface area contributed by atoms with Gasteiger partial charge in [0.2, 0.25) is 0 Å². The lowest BCUT2D eigenvalue weighted by Crippen LogP contribution is -2.32. The molecule has 0 aliphatic heterocycles. The van der Waals surface area contributed by atoms with Crippen LogP contribution in [0, 0.1) is 5.92 Å². The van der Waals surface area contributed by atoms with Gasteiger partial charge in [0, 0.05) is 18.4 Å². The molecule has 0 bridgehead atoms. The molecule has 0 spiro atoms. The zero-order valence-corrected chi connectivity index (χ0v) is 17.7. The van der Waals surface area contributed by atoms with Crippen molar-refractivity contribution in [2.24, 2.45) is 5.92 Å². The van der Waals surface area contributed by atoms with Crippen molar-refractivity contribution in [2.45, 2.75) is 56.5 Å². The largest absolute Gasteiger partial charge is 0.370 e. The van der Waals surface area contributed by atoms with Crippen LogP contribution in [0.3, 0.4) is 0 Å². The molecule has 1 aliphatic carbocycles. The number of sulfone groups is 1. The van der Waals surface area contributed by atoms with E-state index in [-0.39, 0.29) is 57.6 Å². The quantitative estimate of drug-likeness (QED) is 0.400. The summed E-state index contributed by atoms with van der Waals surface area (Å²) in [6.45, 7) is -1.02. The lowest BCUT2D eigenvalue weighted by molar-refractivity contribution is -0.168. The third kappa shape index (κ3) is 5.59. The van der Waals surface area contributed by atoms with Crippen molar-refractivity contribution in [1.29, 1.82) is 0 Å². The second-order valence-electron chi connectivity index (χ2n) is 7.02. The molecule has 0 heterocycles. The summed E-state index contributed by atoms with van der Waals surface area (Å²) in [5, 5.41) is -0.156. The topological polar surface area (TPSA) is 77.5 Å². The van der Waals surface area contributed by atoms with Crippen LogP contribution in [0.15, 0.2) is 17.0 Å². The Morgan fingerprint density at radius 2 is 1.80 bits per heavy atom. The fourth-order valence-electron chi connectivity index (χ4n) is 3.16. The van der Waals surface area contributed by atoms with E-state index >= 15 is 0 Å². The Bertz CT molecular complexity index is 902. The van der Waals surface area contributed by atoms with E-state index in [1.54, 1.807) is 0 Å². The van der Waals surface area contributed by atoms with Crippen LogP contribution < -0.4 is 0 Å². The second-order valence-corrected chi connectivity index (χ2v) is 9.64. The summed E-state index contributed by atoms with van der Waals surface area (Å²) < 4.78 is 80.3. The Morgan fingerprint density at radius 3 is 2.33 bits per heavy atom. The molecule has 1 aromatic rings. The van der Waals surface area contributed by atoms with Gasteiger partial charge in [-0.1, -0.05) is 24.6 Å². The first-order valence-electron chi connectivity index (χ1n) is 9.22. The zero-order chi connectivity index (χ0) is 22.7. The number of ether oxygens (including phenoxy) is 1. The Morgan fingerprint density at radius 1 is 1.20 bits per heavy atom. The minimum absolute atomic E-state index is 0.0663. The van der Waals surface area contributed by atoms with Crippen molar-refractivity contribution in [3.63, 3.8) is 0 Å². The molecule has 0 aromatic heterocycles. The number of hydrogen-bond acceptors (Lipinski definition) is 5. The maximum Gasteiger partial charge on any atom is 0.330 e. The van der Waals surface area contributed by atoms with E-state index in [1.807, 2.05) is 0 Å². The summed E-state index contributed by atoms with van der Waals surface area (Å²) in [4.78, 5) is 23.9. The highest BCUT2D eigenvalue weighted by atomic mass is 35.5. The highest BCUT2D eigenvalue weighted by molar-refractivity contribution is 7.91. The minimum atomic E-state index is -4.41. The Kier molecular flexibility index (Phi) is 8.03. The van der Waals surface area contributed by atoms with E-state index in [2.05, 4.69) is 4.74 Å². The fraction of sp³-hybridized carbons (Fsp3) is 0.579. The molecule has 0 saturated heterocycles. The molecule has 30 heavy (non-hydrogen) atoms. The molecular formula is C19H21ClF4O5S. The Labute approximate surface area is 176 Å². The predicted molar refractivity (Wildman–Crippen MR) is 101 cm³/mol. The number of benzene rings is 1. The van der Waals surface area contributed by atoms with Gasteiger partial charge in [0.15, 0.2) is 9.84 Å². The van der Waals surface area contributed by atoms with Crippen molar-refractivity contribution in [2.75, 3.05) is 12.4 Å². The Balaban J connectivity index is 2.37. The monoisotopic (exact) mass is 472 g/mol. The molecule has 168 valence electrons. The van der Waals surface area contributed by atoms with Gasteiger partial charge in [0.1, 0.15) is 18.2 Å². The molecule has 11 heteroatoms. The number of carbonyl (C=O) groups is 2. The summed E-state index contributed by atoms with van der Waals surface area (Å²) in [6.07, 6.45) is -3.05. The van der Waals surface area contributed by atoms with Crippen molar-refractivity contribution >= 4 is 33.0 Å². The zero-order valence-electron chi connectivity index (χ0n) is 16.1. The standard InChI is InChI=1S/C19H21ClF4O5S/c1-2-30(27,28)16-7-6-11(8-12-14(25)4-3-5-15(12)26)17(20)13(16)9-29-10-19(23,24)18(21)22/h6-7,12,18H,2-5,8-10H2,1H3. The van der Waals surface area contributed by atoms with E-state index in [9.17, 15) is 35.6 Å². The number of hydrogen-bond donors (Lipinski definition) is 0. The van der Waals surface area contributed by atoms with Gasteiger partial charge in [-0.2, -0.15) is 8.78 Å². The molecule has 2 rings (SSSR count). The third-order valence-corrected chi connectivity index (χ3v) is 7.19. The van der Waals surface area contributed by atoms with E-state index in [0.717, 1.165) is 0 Å². The van der Waals surface area contributed by atoms with Crippen molar-refractivity contribution in [3.8, 4) is 0 Å². The molecule has 0 atom stereocenters. The van der Waals surface area contributed by atoms with Gasteiger partial charge in [-0.25, -0.2) is 17.2 Å². The van der Waals surface area contributed by atoms with Crippen LogP contribution in [0.4, 0.5) is 17.6 Å². The number of rotatable bonds is 9. The van der Waals surface area contributed by atoms with Crippen LogP contribution in [-0.4, -0.2) is 44.7 Å². The van der Waals surface area contributed by atoms with Crippen LogP contribution >= 0.6 is 11.6 Å². The van der Waals surface area contributed by atoms with Crippen LogP contribution in [0.25, 0.3) is 0 Å². The first-order valence-corrected chi connectivity index (χ1v) is 11.3. The van der Waals surface area contributed by atoms with Gasteiger partial charge < -0.3 is 4.74 Å². The van der Waals surface area contributed by atoms with E-state index in [4.69, 9.17) is 11.6 Å². The SMILES string of the molecule is CCS(=O)(=O)c1ccc(CC2C(=O)CCCC2=O)c(Cl)c1COCC(F)(F)C(F)F. The van der Waals surface area contributed by atoms with Gasteiger partial charge in [-0.15, -0.1) is 0 Å². The van der Waals surface area contributed by atoms with Crippen LogP contribution in [0.5, 0.6) is 0 Å². The van der Waals surface area contributed by atoms with E-state index in [1.165, 1.54) is 19.1 Å². The Hall–Kier alpha value is -1.52. The average molecular weight is 473 g/mol. The maximum absolute atomic E-state index is 13.1. The van der Waals surface area contributed by atoms with Gasteiger partial charge >= 0.3 is 12.3 Å². The van der Waals surface area contributed by atoms with Gasteiger partial charge in [-0.3, -0.25) is 9.59 Å². The minimum Gasteiger partial charge on any atom is -0.370 e. The van der Waals surface area contributed by atoms with Crippen molar-refractivity contribution < 1.29 is 40.3 Å². The highest BCUT2D eigenvalue weighted by Crippen LogP contribution is 2.33. The number of alkyl halides is 4. The molecule has 5 nitrogen and oxygen atoms in total. The van der Waals surface area contributed by atoms with Gasteiger partial charge in [-0.05, 0) is 24.5 Å². The third-order valence-electron chi connectivity index (χ3n) is 4.90. The molecule has 1 aromatic carbocycles. The van der Waals surface area contributed by atoms with Crippen molar-refractivity contribution in [3.05, 3.63) is 28.3 Å². The lowest BCUT2D eigenvalue weighted by atomic mass is 9.82. The fourth-order valence-corrected chi connectivity index (χ4v) is 4.63. The van der Waals surface area contributed by atoms with Crippen LogP contribution in [0.1, 0.15) is 37.3 Å². The van der Waals surface area contributed by atoms with Gasteiger partial charge in [0.25, 0.3) is 0 Å². The molecule has 1 fully saturated rings. The average Bonchev–Trinajstić information content (AvgIpc) is 2.66. The molecule has 0 N–H and O–H groups in total. The summed E-state index contributed by atoms with van der Waals surface area (Å²) in [6, 6.07) is 2.55. The number of halogens is 5. The number of carbonyl (C=O) groups excluding carboxylic acids is 2. The van der Waals surface area contributed by atoms with E-state index < -0.39 is 41.3 Å². The first kappa shape index (κ1) is 24.7. The van der Waals surface area contributed by atoms with Crippen LogP contribution in [-0.2, 0) is 37.2 Å². The number of Topliss-reactive ketones (excluding diaryl/α,β-unsaturated/α-hetero) is 2. The molecular weight excluding hydrogens is 452 g/mol. The summed E-state index contributed by atoms with van der Waals surface area (Å²) in [7, 11) is -3.84. The molecule has 0 radical (unpaired) electrons. The lowest BCUT2D eigenvalue weighted by Gasteiger charge is -2.22. The number of ketones is 2. The normalized spacial score (nSPS) is 16.5. The molecule has 0 unspecified atom stereocenters.